The number of methoxy groups -OCH3 is 1. The van der Waals surface area contributed by atoms with Crippen LogP contribution in [0.1, 0.15) is 11.3 Å². The first kappa shape index (κ1) is 22.7. The van der Waals surface area contributed by atoms with Crippen molar-refractivity contribution in [3.8, 4) is 17.1 Å². The summed E-state index contributed by atoms with van der Waals surface area (Å²) in [6.45, 7) is 1.48. The SMILES string of the molecule is COc1ccc(Cl)cc1-c1ccc(/C=C2/SC(=O)N(CC(=O)Nc3ccccc3C)C2=O)o1. The lowest BCUT2D eigenvalue weighted by molar-refractivity contribution is -0.127. The van der Waals surface area contributed by atoms with Crippen LogP contribution in [0.25, 0.3) is 17.4 Å². The van der Waals surface area contributed by atoms with Crippen molar-refractivity contribution < 1.29 is 23.5 Å². The molecule has 0 saturated carbocycles. The molecule has 2 heterocycles. The summed E-state index contributed by atoms with van der Waals surface area (Å²) in [5, 5.41) is 2.73. The highest BCUT2D eigenvalue weighted by atomic mass is 35.5. The maximum Gasteiger partial charge on any atom is 0.294 e. The standard InChI is InChI=1S/C24H19ClN2O5S/c1-14-5-3-4-6-18(14)26-22(28)13-27-23(29)21(33-24(27)30)12-16-8-10-20(32-16)17-11-15(25)7-9-19(17)31-2/h3-12H,13H2,1-2H3,(H,26,28)/b21-12+. The molecule has 0 bridgehead atoms. The predicted molar refractivity (Wildman–Crippen MR) is 128 cm³/mol. The minimum absolute atomic E-state index is 0.169. The van der Waals surface area contributed by atoms with Crippen LogP contribution in [-0.4, -0.2) is 35.6 Å². The number of hydrogen-bond acceptors (Lipinski definition) is 6. The molecule has 0 radical (unpaired) electrons. The first-order chi connectivity index (χ1) is 15.9. The van der Waals surface area contributed by atoms with Gasteiger partial charge in [0.2, 0.25) is 5.91 Å². The van der Waals surface area contributed by atoms with E-state index in [2.05, 4.69) is 5.32 Å². The number of imide groups is 1. The Morgan fingerprint density at radius 1 is 1.18 bits per heavy atom. The number of nitrogens with zero attached hydrogens (tertiary/aromatic N) is 1. The summed E-state index contributed by atoms with van der Waals surface area (Å²) in [5.74, 6) is 0.448. The van der Waals surface area contributed by atoms with Gasteiger partial charge in [0.25, 0.3) is 11.1 Å². The Morgan fingerprint density at radius 2 is 1.97 bits per heavy atom. The maximum absolute atomic E-state index is 12.8. The van der Waals surface area contributed by atoms with E-state index in [4.69, 9.17) is 20.8 Å². The molecule has 3 aromatic rings. The fourth-order valence-electron chi connectivity index (χ4n) is 3.26. The molecule has 0 unspecified atom stereocenters. The molecule has 9 heteroatoms. The van der Waals surface area contributed by atoms with Gasteiger partial charge in [-0.1, -0.05) is 29.8 Å². The van der Waals surface area contributed by atoms with Crippen LogP contribution in [0, 0.1) is 6.92 Å². The summed E-state index contributed by atoms with van der Waals surface area (Å²) in [6, 6.07) is 15.8. The van der Waals surface area contributed by atoms with Crippen LogP contribution in [0.15, 0.2) is 63.9 Å². The summed E-state index contributed by atoms with van der Waals surface area (Å²) >= 11 is 6.84. The summed E-state index contributed by atoms with van der Waals surface area (Å²) in [7, 11) is 1.54. The molecular weight excluding hydrogens is 464 g/mol. The zero-order valence-electron chi connectivity index (χ0n) is 17.8. The molecule has 1 aliphatic heterocycles. The Labute approximate surface area is 199 Å². The minimum Gasteiger partial charge on any atom is -0.496 e. The van der Waals surface area contributed by atoms with Crippen LogP contribution in [0.3, 0.4) is 0 Å². The van der Waals surface area contributed by atoms with Crippen molar-refractivity contribution >= 4 is 52.2 Å². The van der Waals surface area contributed by atoms with Gasteiger partial charge in [-0.15, -0.1) is 0 Å². The van der Waals surface area contributed by atoms with Crippen LogP contribution in [-0.2, 0) is 9.59 Å². The van der Waals surface area contributed by atoms with E-state index < -0.39 is 17.1 Å². The molecule has 1 aromatic heterocycles. The highest BCUT2D eigenvalue weighted by Gasteiger charge is 2.36. The normalized spacial score (nSPS) is 14.8. The number of aryl methyl sites for hydroxylation is 1. The smallest absolute Gasteiger partial charge is 0.294 e. The average molecular weight is 483 g/mol. The second-order valence-corrected chi connectivity index (χ2v) is 8.61. The maximum atomic E-state index is 12.8. The zero-order chi connectivity index (χ0) is 23.5. The van der Waals surface area contributed by atoms with E-state index in [0.717, 1.165) is 22.2 Å². The predicted octanol–water partition coefficient (Wildman–Crippen LogP) is 5.59. The monoisotopic (exact) mass is 482 g/mol. The fourth-order valence-corrected chi connectivity index (χ4v) is 4.25. The highest BCUT2D eigenvalue weighted by molar-refractivity contribution is 8.18. The van der Waals surface area contributed by atoms with Crippen molar-refractivity contribution in [2.24, 2.45) is 0 Å². The number of carbonyl (C=O) groups is 3. The third-order valence-corrected chi connectivity index (χ3v) is 6.06. The molecule has 7 nitrogen and oxygen atoms in total. The van der Waals surface area contributed by atoms with Gasteiger partial charge in [0.05, 0.1) is 17.6 Å². The van der Waals surface area contributed by atoms with Gasteiger partial charge in [0, 0.05) is 16.8 Å². The number of nitrogens with one attached hydrogen (secondary N) is 1. The van der Waals surface area contributed by atoms with Crippen LogP contribution in [0.4, 0.5) is 10.5 Å². The number of amides is 3. The third-order valence-electron chi connectivity index (χ3n) is 4.92. The zero-order valence-corrected chi connectivity index (χ0v) is 19.3. The molecule has 1 fully saturated rings. The van der Waals surface area contributed by atoms with E-state index in [1.54, 1.807) is 49.6 Å². The molecule has 0 spiro atoms. The van der Waals surface area contributed by atoms with E-state index in [1.807, 2.05) is 19.1 Å². The molecule has 1 N–H and O–H groups in total. The number of rotatable bonds is 6. The van der Waals surface area contributed by atoms with Gasteiger partial charge in [0.1, 0.15) is 23.8 Å². The number of hydrogen-bond donors (Lipinski definition) is 1. The van der Waals surface area contributed by atoms with Crippen LogP contribution in [0.2, 0.25) is 5.02 Å². The van der Waals surface area contributed by atoms with E-state index in [1.165, 1.54) is 6.08 Å². The van der Waals surface area contributed by atoms with Crippen molar-refractivity contribution in [3.63, 3.8) is 0 Å². The number of ether oxygens (including phenoxy) is 1. The highest BCUT2D eigenvalue weighted by Crippen LogP contribution is 2.36. The van der Waals surface area contributed by atoms with Gasteiger partial charge in [-0.3, -0.25) is 19.3 Å². The summed E-state index contributed by atoms with van der Waals surface area (Å²) < 4.78 is 11.2. The number of carbonyl (C=O) groups excluding carboxylic acids is 3. The van der Waals surface area contributed by atoms with Crippen LogP contribution in [0.5, 0.6) is 5.75 Å². The van der Waals surface area contributed by atoms with Crippen LogP contribution < -0.4 is 10.1 Å². The molecule has 0 atom stereocenters. The Morgan fingerprint density at radius 3 is 2.73 bits per heavy atom. The molecule has 3 amide bonds. The number of anilines is 1. The fraction of sp³-hybridized carbons (Fsp3) is 0.125. The second-order valence-electron chi connectivity index (χ2n) is 7.18. The number of para-hydroxylation sites is 1. The topological polar surface area (TPSA) is 88.9 Å². The molecule has 0 aliphatic carbocycles. The number of furan rings is 1. The largest absolute Gasteiger partial charge is 0.496 e. The lowest BCUT2D eigenvalue weighted by atomic mass is 10.1. The van der Waals surface area contributed by atoms with Gasteiger partial charge < -0.3 is 14.5 Å². The number of halogens is 1. The first-order valence-corrected chi connectivity index (χ1v) is 11.1. The van der Waals surface area contributed by atoms with Crippen molar-refractivity contribution in [2.45, 2.75) is 6.92 Å². The number of benzene rings is 2. The molecular formula is C24H19ClN2O5S. The second kappa shape index (κ2) is 9.56. The molecule has 2 aromatic carbocycles. The van der Waals surface area contributed by atoms with E-state index in [0.29, 0.717) is 33.5 Å². The van der Waals surface area contributed by atoms with Gasteiger partial charge in [-0.25, -0.2) is 0 Å². The quantitative estimate of drug-likeness (QED) is 0.460. The molecule has 33 heavy (non-hydrogen) atoms. The average Bonchev–Trinajstić information content (AvgIpc) is 3.35. The first-order valence-electron chi connectivity index (χ1n) is 9.90. The van der Waals surface area contributed by atoms with Crippen molar-refractivity contribution in [2.75, 3.05) is 19.0 Å². The Hall–Kier alpha value is -3.49. The van der Waals surface area contributed by atoms with Gasteiger partial charge in [-0.05, 0) is 60.6 Å². The van der Waals surface area contributed by atoms with E-state index >= 15 is 0 Å². The Kier molecular flexibility index (Phi) is 6.57. The molecule has 1 saturated heterocycles. The van der Waals surface area contributed by atoms with E-state index in [9.17, 15) is 14.4 Å². The molecule has 168 valence electrons. The summed E-state index contributed by atoms with van der Waals surface area (Å²) in [5.41, 5.74) is 2.17. The lowest BCUT2D eigenvalue weighted by Crippen LogP contribution is -2.36. The Bertz CT molecular complexity index is 1280. The van der Waals surface area contributed by atoms with Gasteiger partial charge >= 0.3 is 0 Å². The van der Waals surface area contributed by atoms with Gasteiger partial charge in [-0.2, -0.15) is 0 Å². The molecule has 1 aliphatic rings. The molecule has 4 rings (SSSR count). The summed E-state index contributed by atoms with van der Waals surface area (Å²) in [6.07, 6.45) is 1.48. The van der Waals surface area contributed by atoms with Crippen molar-refractivity contribution in [1.29, 1.82) is 0 Å². The van der Waals surface area contributed by atoms with Crippen LogP contribution >= 0.6 is 23.4 Å². The van der Waals surface area contributed by atoms with Crippen molar-refractivity contribution in [1.82, 2.24) is 4.90 Å². The minimum atomic E-state index is -0.553. The Balaban J connectivity index is 1.49. The third kappa shape index (κ3) is 4.97. The lowest BCUT2D eigenvalue weighted by Gasteiger charge is -2.13. The van der Waals surface area contributed by atoms with Crippen molar-refractivity contribution in [3.05, 3.63) is 75.8 Å². The summed E-state index contributed by atoms with van der Waals surface area (Å²) in [4.78, 5) is 38.6. The number of thioether (sulfide) groups is 1. The van der Waals surface area contributed by atoms with Gasteiger partial charge in [0.15, 0.2) is 0 Å². The van der Waals surface area contributed by atoms with E-state index in [-0.39, 0.29) is 11.4 Å².